The number of hydrogen-bond acceptors (Lipinski definition) is 5. The highest BCUT2D eigenvalue weighted by molar-refractivity contribution is 5.84. The first-order chi connectivity index (χ1) is 13.7. The van der Waals surface area contributed by atoms with E-state index in [0.29, 0.717) is 32.0 Å². The van der Waals surface area contributed by atoms with Gasteiger partial charge in [-0.25, -0.2) is 4.98 Å². The Balaban J connectivity index is 1.21. The molecule has 0 bridgehead atoms. The van der Waals surface area contributed by atoms with Gasteiger partial charge in [0.15, 0.2) is 0 Å². The molecule has 2 N–H and O–H groups in total. The molecule has 0 spiro atoms. The van der Waals surface area contributed by atoms with Crippen LogP contribution in [0, 0.1) is 11.3 Å². The van der Waals surface area contributed by atoms with Crippen LogP contribution in [0.1, 0.15) is 32.1 Å². The molecule has 2 saturated heterocycles. The number of carbonyl (C=O) groups is 2. The van der Waals surface area contributed by atoms with Crippen LogP contribution in [0.3, 0.4) is 0 Å². The summed E-state index contributed by atoms with van der Waals surface area (Å²) in [6.07, 6.45) is 6.64. The van der Waals surface area contributed by atoms with Crippen LogP contribution < -0.4 is 15.5 Å². The van der Waals surface area contributed by atoms with E-state index in [1.165, 1.54) is 6.42 Å². The molecule has 7 heteroatoms. The van der Waals surface area contributed by atoms with Crippen molar-refractivity contribution in [1.29, 1.82) is 0 Å². The summed E-state index contributed by atoms with van der Waals surface area (Å²) in [5.74, 6) is 1.70. The van der Waals surface area contributed by atoms with E-state index in [1.54, 1.807) is 6.20 Å². The van der Waals surface area contributed by atoms with Gasteiger partial charge in [0.05, 0.1) is 5.41 Å². The quantitative estimate of drug-likeness (QED) is 0.791. The van der Waals surface area contributed by atoms with E-state index < -0.39 is 0 Å². The SMILES string of the molecule is O=C(CCNC(=O)[C@@]12CCCC[C@H]1CNC2)N1CCN(c2ccccn2)CC1. The summed E-state index contributed by atoms with van der Waals surface area (Å²) >= 11 is 0. The van der Waals surface area contributed by atoms with Gasteiger partial charge in [-0.3, -0.25) is 9.59 Å². The number of aromatic nitrogens is 1. The van der Waals surface area contributed by atoms with Crippen LogP contribution in [0.4, 0.5) is 5.82 Å². The minimum absolute atomic E-state index is 0.128. The first kappa shape index (κ1) is 19.2. The third-order valence-corrected chi connectivity index (χ3v) is 6.72. The molecule has 3 heterocycles. The molecule has 1 aromatic heterocycles. The van der Waals surface area contributed by atoms with Crippen molar-refractivity contribution in [3.63, 3.8) is 0 Å². The van der Waals surface area contributed by atoms with E-state index in [1.807, 2.05) is 23.1 Å². The summed E-state index contributed by atoms with van der Waals surface area (Å²) in [6, 6.07) is 5.90. The molecule has 1 aromatic rings. The molecule has 0 radical (unpaired) electrons. The van der Waals surface area contributed by atoms with Crippen molar-refractivity contribution in [2.75, 3.05) is 50.7 Å². The lowest BCUT2D eigenvalue weighted by Gasteiger charge is -2.37. The molecule has 3 aliphatic rings. The first-order valence-electron chi connectivity index (χ1n) is 10.6. The smallest absolute Gasteiger partial charge is 0.227 e. The van der Waals surface area contributed by atoms with E-state index >= 15 is 0 Å². The molecule has 0 unspecified atom stereocenters. The molecule has 0 aromatic carbocycles. The zero-order chi connectivity index (χ0) is 19.4. The molecule has 3 fully saturated rings. The second-order valence-electron chi connectivity index (χ2n) is 8.29. The Hall–Kier alpha value is -2.15. The molecule has 7 nitrogen and oxygen atoms in total. The second kappa shape index (κ2) is 8.47. The Morgan fingerprint density at radius 3 is 2.86 bits per heavy atom. The minimum Gasteiger partial charge on any atom is -0.355 e. The van der Waals surface area contributed by atoms with Crippen molar-refractivity contribution in [2.45, 2.75) is 32.1 Å². The van der Waals surface area contributed by atoms with Crippen LogP contribution in [0.2, 0.25) is 0 Å². The number of rotatable bonds is 5. The van der Waals surface area contributed by atoms with Gasteiger partial charge in [-0.15, -0.1) is 0 Å². The summed E-state index contributed by atoms with van der Waals surface area (Å²) < 4.78 is 0. The van der Waals surface area contributed by atoms with Crippen LogP contribution in [0.25, 0.3) is 0 Å². The van der Waals surface area contributed by atoms with E-state index in [-0.39, 0.29) is 17.2 Å². The average Bonchev–Trinajstić information content (AvgIpc) is 3.20. The third-order valence-electron chi connectivity index (χ3n) is 6.72. The zero-order valence-corrected chi connectivity index (χ0v) is 16.5. The highest BCUT2D eigenvalue weighted by Gasteiger charge is 2.49. The summed E-state index contributed by atoms with van der Waals surface area (Å²) in [5.41, 5.74) is -0.240. The summed E-state index contributed by atoms with van der Waals surface area (Å²) in [6.45, 7) is 5.18. The van der Waals surface area contributed by atoms with E-state index in [0.717, 1.165) is 51.3 Å². The molecular formula is C21H31N5O2. The van der Waals surface area contributed by atoms with E-state index in [9.17, 15) is 9.59 Å². The maximum Gasteiger partial charge on any atom is 0.227 e. The lowest BCUT2D eigenvalue weighted by atomic mass is 9.67. The number of fused-ring (bicyclic) bond motifs is 1. The number of piperazine rings is 1. The van der Waals surface area contributed by atoms with Crippen LogP contribution >= 0.6 is 0 Å². The number of anilines is 1. The third kappa shape index (κ3) is 3.85. The van der Waals surface area contributed by atoms with Crippen molar-refractivity contribution >= 4 is 17.6 Å². The number of amides is 2. The van der Waals surface area contributed by atoms with Crippen molar-refractivity contribution in [2.24, 2.45) is 11.3 Å². The van der Waals surface area contributed by atoms with Crippen molar-refractivity contribution in [3.8, 4) is 0 Å². The van der Waals surface area contributed by atoms with Gasteiger partial charge >= 0.3 is 0 Å². The molecule has 28 heavy (non-hydrogen) atoms. The molecule has 152 valence electrons. The van der Waals surface area contributed by atoms with E-state index in [2.05, 4.69) is 20.5 Å². The maximum absolute atomic E-state index is 12.9. The van der Waals surface area contributed by atoms with Crippen LogP contribution in [-0.2, 0) is 9.59 Å². The van der Waals surface area contributed by atoms with Gasteiger partial charge in [0.2, 0.25) is 11.8 Å². The van der Waals surface area contributed by atoms with Gasteiger partial charge in [-0.05, 0) is 37.4 Å². The number of nitrogens with one attached hydrogen (secondary N) is 2. The standard InChI is InChI=1S/C21H31N5O2/c27-19(26-13-11-25(12-14-26)18-6-2-4-9-23-18)7-10-24-20(28)21-8-3-1-5-17(21)15-22-16-21/h2,4,6,9,17,22H,1,3,5,7-8,10-16H2,(H,24,28)/t17-,21+/m0/s1. The Morgan fingerprint density at radius 1 is 1.21 bits per heavy atom. The molecule has 2 aliphatic heterocycles. The summed E-state index contributed by atoms with van der Waals surface area (Å²) in [7, 11) is 0. The fourth-order valence-electron chi connectivity index (χ4n) is 5.03. The molecule has 1 aliphatic carbocycles. The van der Waals surface area contributed by atoms with Gasteiger partial charge in [-0.1, -0.05) is 18.9 Å². The van der Waals surface area contributed by atoms with Gasteiger partial charge in [0, 0.05) is 51.9 Å². The lowest BCUT2D eigenvalue weighted by molar-refractivity contribution is -0.134. The molecular weight excluding hydrogens is 354 g/mol. The Bertz CT molecular complexity index is 689. The topological polar surface area (TPSA) is 77.6 Å². The number of nitrogens with zero attached hydrogens (tertiary/aromatic N) is 3. The monoisotopic (exact) mass is 385 g/mol. The average molecular weight is 386 g/mol. The van der Waals surface area contributed by atoms with E-state index in [4.69, 9.17) is 0 Å². The predicted molar refractivity (Wildman–Crippen MR) is 108 cm³/mol. The predicted octanol–water partition coefficient (Wildman–Crippen LogP) is 1.02. The molecule has 2 amide bonds. The summed E-state index contributed by atoms with van der Waals surface area (Å²) in [4.78, 5) is 33.9. The Kier molecular flexibility index (Phi) is 5.80. The molecule has 1 saturated carbocycles. The number of hydrogen-bond donors (Lipinski definition) is 2. The van der Waals surface area contributed by atoms with Gasteiger partial charge in [0.25, 0.3) is 0 Å². The van der Waals surface area contributed by atoms with Gasteiger partial charge < -0.3 is 20.4 Å². The number of carbonyl (C=O) groups excluding carboxylic acids is 2. The van der Waals surface area contributed by atoms with Crippen LogP contribution in [0.15, 0.2) is 24.4 Å². The Labute approximate surface area is 166 Å². The van der Waals surface area contributed by atoms with Gasteiger partial charge in [0.1, 0.15) is 5.82 Å². The van der Waals surface area contributed by atoms with Crippen molar-refractivity contribution < 1.29 is 9.59 Å². The fourth-order valence-corrected chi connectivity index (χ4v) is 5.03. The molecule has 2 atom stereocenters. The minimum atomic E-state index is -0.240. The lowest BCUT2D eigenvalue weighted by Crippen LogP contribution is -2.50. The Morgan fingerprint density at radius 2 is 2.07 bits per heavy atom. The fraction of sp³-hybridized carbons (Fsp3) is 0.667. The largest absolute Gasteiger partial charge is 0.355 e. The van der Waals surface area contributed by atoms with Crippen molar-refractivity contribution in [3.05, 3.63) is 24.4 Å². The first-order valence-corrected chi connectivity index (χ1v) is 10.6. The number of pyridine rings is 1. The zero-order valence-electron chi connectivity index (χ0n) is 16.5. The molecule has 4 rings (SSSR count). The summed E-state index contributed by atoms with van der Waals surface area (Å²) in [5, 5.41) is 6.48. The highest BCUT2D eigenvalue weighted by atomic mass is 16.2. The van der Waals surface area contributed by atoms with Crippen LogP contribution in [-0.4, -0.2) is 67.5 Å². The van der Waals surface area contributed by atoms with Crippen LogP contribution in [0.5, 0.6) is 0 Å². The maximum atomic E-state index is 12.9. The van der Waals surface area contributed by atoms with Gasteiger partial charge in [-0.2, -0.15) is 0 Å². The van der Waals surface area contributed by atoms with Crippen molar-refractivity contribution in [1.82, 2.24) is 20.5 Å². The highest BCUT2D eigenvalue weighted by Crippen LogP contribution is 2.43. The normalized spacial score (nSPS) is 27.4. The second-order valence-corrected chi connectivity index (χ2v) is 8.29.